The summed E-state index contributed by atoms with van der Waals surface area (Å²) in [5.74, 6) is -1.48. The van der Waals surface area contributed by atoms with Crippen molar-refractivity contribution in [2.75, 3.05) is 6.61 Å². The van der Waals surface area contributed by atoms with Gasteiger partial charge in [0.25, 0.3) is 0 Å². The molecule has 2 aliphatic rings. The van der Waals surface area contributed by atoms with Gasteiger partial charge in [-0.1, -0.05) is 29.8 Å². The van der Waals surface area contributed by atoms with Crippen LogP contribution in [0.2, 0.25) is 0 Å². The Morgan fingerprint density at radius 3 is 2.47 bits per heavy atom. The summed E-state index contributed by atoms with van der Waals surface area (Å²) in [6.07, 6.45) is -4.58. The molecule has 0 aromatic heterocycles. The van der Waals surface area contributed by atoms with Crippen molar-refractivity contribution in [1.82, 2.24) is 0 Å². The predicted octanol–water partition coefficient (Wildman–Crippen LogP) is -0.0954. The van der Waals surface area contributed by atoms with Crippen LogP contribution in [-0.2, 0) is 25.5 Å². The third-order valence-electron chi connectivity index (χ3n) is 5.48. The molecule has 10 heteroatoms. The molecule has 32 heavy (non-hydrogen) atoms. The van der Waals surface area contributed by atoms with Gasteiger partial charge in [-0.05, 0) is 25.3 Å². The molecule has 3 rings (SSSR count). The number of carbonyl (C=O) groups excluding carboxylic acids is 1. The highest BCUT2D eigenvalue weighted by Crippen LogP contribution is 2.27. The van der Waals surface area contributed by atoms with E-state index in [1.807, 2.05) is 0 Å². The molecule has 1 aliphatic carbocycles. The molecule has 176 valence electrons. The summed E-state index contributed by atoms with van der Waals surface area (Å²) in [4.78, 5) is 23.2. The van der Waals surface area contributed by atoms with Crippen LogP contribution in [0.1, 0.15) is 31.2 Å². The lowest BCUT2D eigenvalue weighted by Crippen LogP contribution is -2.60. The average molecular weight is 452 g/mol. The van der Waals surface area contributed by atoms with Gasteiger partial charge in [0.1, 0.15) is 36.8 Å². The normalized spacial score (nSPS) is 30.3. The average Bonchev–Trinajstić information content (AvgIpc) is 2.76. The molecule has 0 bridgehead atoms. The SMILES string of the molecule is O=C(O)Cc1ccccc1O[C@@H]1O[C@@H](COC(=O)CC2=CC[C@H](O)CC2)[C@@H](O)[C@@H](O)[C@H]1O. The van der Waals surface area contributed by atoms with Crippen LogP contribution < -0.4 is 4.74 Å². The van der Waals surface area contributed by atoms with Crippen LogP contribution in [0.25, 0.3) is 0 Å². The van der Waals surface area contributed by atoms with Crippen molar-refractivity contribution >= 4 is 11.9 Å². The Morgan fingerprint density at radius 2 is 1.78 bits per heavy atom. The van der Waals surface area contributed by atoms with Gasteiger partial charge < -0.3 is 39.7 Å². The first kappa shape index (κ1) is 24.1. The molecule has 1 heterocycles. The second-order valence-electron chi connectivity index (χ2n) is 7.96. The summed E-state index contributed by atoms with van der Waals surface area (Å²) in [6, 6.07) is 6.28. The molecule has 0 amide bonds. The van der Waals surface area contributed by atoms with Gasteiger partial charge >= 0.3 is 11.9 Å². The molecular weight excluding hydrogens is 424 g/mol. The number of aliphatic hydroxyl groups is 4. The second-order valence-corrected chi connectivity index (χ2v) is 7.96. The molecule has 6 atom stereocenters. The minimum Gasteiger partial charge on any atom is -0.481 e. The molecule has 1 aromatic carbocycles. The number of ether oxygens (including phenoxy) is 3. The third kappa shape index (κ3) is 6.27. The molecule has 1 fully saturated rings. The highest BCUT2D eigenvalue weighted by Gasteiger charge is 2.45. The van der Waals surface area contributed by atoms with Crippen LogP contribution in [-0.4, -0.2) is 80.9 Å². The van der Waals surface area contributed by atoms with Crippen LogP contribution >= 0.6 is 0 Å². The van der Waals surface area contributed by atoms with Crippen molar-refractivity contribution in [3.63, 3.8) is 0 Å². The minimum atomic E-state index is -1.63. The van der Waals surface area contributed by atoms with E-state index in [1.165, 1.54) is 6.07 Å². The van der Waals surface area contributed by atoms with Crippen molar-refractivity contribution in [3.05, 3.63) is 41.5 Å². The topological polar surface area (TPSA) is 163 Å². The fourth-order valence-corrected chi connectivity index (χ4v) is 3.65. The quantitative estimate of drug-likeness (QED) is 0.266. The van der Waals surface area contributed by atoms with Crippen LogP contribution in [0.4, 0.5) is 0 Å². The maximum absolute atomic E-state index is 12.1. The molecule has 0 radical (unpaired) electrons. The maximum atomic E-state index is 12.1. The van der Waals surface area contributed by atoms with Gasteiger partial charge in [-0.3, -0.25) is 9.59 Å². The number of aliphatic carboxylic acids is 1. The molecule has 1 aromatic rings. The molecular formula is C22H28O10. The van der Waals surface area contributed by atoms with E-state index < -0.39 is 48.7 Å². The Bertz CT molecular complexity index is 838. The Hall–Kier alpha value is -2.50. The van der Waals surface area contributed by atoms with Crippen LogP contribution in [0.5, 0.6) is 5.75 Å². The van der Waals surface area contributed by atoms with Crippen LogP contribution in [0, 0.1) is 0 Å². The van der Waals surface area contributed by atoms with Crippen LogP contribution in [0.3, 0.4) is 0 Å². The first-order valence-electron chi connectivity index (χ1n) is 10.4. The number of carbonyl (C=O) groups is 2. The molecule has 1 aliphatic heterocycles. The number of aliphatic hydroxyl groups excluding tert-OH is 4. The van der Waals surface area contributed by atoms with E-state index in [2.05, 4.69) is 0 Å². The van der Waals surface area contributed by atoms with E-state index >= 15 is 0 Å². The summed E-state index contributed by atoms with van der Waals surface area (Å²) >= 11 is 0. The molecule has 1 saturated heterocycles. The minimum absolute atomic E-state index is 0.0448. The van der Waals surface area contributed by atoms with Crippen molar-refractivity contribution in [1.29, 1.82) is 0 Å². The summed E-state index contributed by atoms with van der Waals surface area (Å²) in [5, 5.41) is 49.3. The first-order chi connectivity index (χ1) is 15.2. The van der Waals surface area contributed by atoms with E-state index in [-0.39, 0.29) is 25.2 Å². The number of benzene rings is 1. The van der Waals surface area contributed by atoms with E-state index in [0.717, 1.165) is 5.57 Å². The zero-order valence-electron chi connectivity index (χ0n) is 17.4. The molecule has 5 N–H and O–H groups in total. The van der Waals surface area contributed by atoms with E-state index in [4.69, 9.17) is 19.3 Å². The monoisotopic (exact) mass is 452 g/mol. The van der Waals surface area contributed by atoms with Gasteiger partial charge in [-0.25, -0.2) is 0 Å². The van der Waals surface area contributed by atoms with Gasteiger partial charge in [0, 0.05) is 5.56 Å². The lowest BCUT2D eigenvalue weighted by molar-refractivity contribution is -0.278. The standard InChI is InChI=1S/C22H28O10/c23-14-7-5-12(6-8-14)9-18(26)30-11-16-19(27)20(28)21(29)22(32-16)31-15-4-2-1-3-13(15)10-17(24)25/h1-5,14,16,19-23,27-29H,6-11H2,(H,24,25)/t14-,16-,19+,20+,21+,22+/m0/s1. The van der Waals surface area contributed by atoms with Gasteiger partial charge in [0.05, 0.1) is 18.9 Å². The van der Waals surface area contributed by atoms with E-state index in [1.54, 1.807) is 24.3 Å². The summed E-state index contributed by atoms with van der Waals surface area (Å²) in [6.45, 7) is -0.379. The van der Waals surface area contributed by atoms with E-state index in [0.29, 0.717) is 24.8 Å². The predicted molar refractivity (Wildman–Crippen MR) is 109 cm³/mol. The number of carboxylic acid groups (broad SMARTS) is 1. The van der Waals surface area contributed by atoms with Crippen molar-refractivity contribution in [2.24, 2.45) is 0 Å². The highest BCUT2D eigenvalue weighted by atomic mass is 16.7. The molecule has 0 unspecified atom stereocenters. The summed E-state index contributed by atoms with van der Waals surface area (Å²) in [7, 11) is 0. The van der Waals surface area contributed by atoms with Gasteiger partial charge in [-0.2, -0.15) is 0 Å². The molecule has 10 nitrogen and oxygen atoms in total. The number of esters is 1. The fraction of sp³-hybridized carbons (Fsp3) is 0.545. The number of hydrogen-bond donors (Lipinski definition) is 5. The fourth-order valence-electron chi connectivity index (χ4n) is 3.65. The van der Waals surface area contributed by atoms with Crippen molar-refractivity contribution in [2.45, 2.75) is 68.9 Å². The van der Waals surface area contributed by atoms with Crippen molar-refractivity contribution < 1.29 is 49.3 Å². The van der Waals surface area contributed by atoms with Crippen LogP contribution in [0.15, 0.2) is 35.9 Å². The molecule has 0 spiro atoms. The Kier molecular flexibility index (Phi) is 8.21. The third-order valence-corrected chi connectivity index (χ3v) is 5.48. The highest BCUT2D eigenvalue weighted by molar-refractivity contribution is 5.72. The second kappa shape index (κ2) is 10.9. The zero-order valence-corrected chi connectivity index (χ0v) is 17.4. The van der Waals surface area contributed by atoms with Gasteiger partial charge in [0.15, 0.2) is 0 Å². The smallest absolute Gasteiger partial charge is 0.310 e. The number of carboxylic acids is 1. The van der Waals surface area contributed by atoms with Gasteiger partial charge in [-0.15, -0.1) is 0 Å². The Balaban J connectivity index is 1.60. The zero-order chi connectivity index (χ0) is 23.3. The Morgan fingerprint density at radius 1 is 1.03 bits per heavy atom. The maximum Gasteiger partial charge on any atom is 0.310 e. The largest absolute Gasteiger partial charge is 0.481 e. The summed E-state index contributed by atoms with van der Waals surface area (Å²) in [5.41, 5.74) is 1.20. The lowest BCUT2D eigenvalue weighted by atomic mass is 9.95. The molecule has 0 saturated carbocycles. The summed E-state index contributed by atoms with van der Waals surface area (Å²) < 4.78 is 16.3. The Labute approximate surface area is 184 Å². The van der Waals surface area contributed by atoms with Crippen molar-refractivity contribution in [3.8, 4) is 5.75 Å². The first-order valence-corrected chi connectivity index (χ1v) is 10.4. The van der Waals surface area contributed by atoms with E-state index in [9.17, 15) is 30.0 Å². The lowest BCUT2D eigenvalue weighted by Gasteiger charge is -2.40. The number of rotatable bonds is 8. The number of hydrogen-bond acceptors (Lipinski definition) is 9. The van der Waals surface area contributed by atoms with Gasteiger partial charge in [0.2, 0.25) is 6.29 Å². The number of para-hydroxylation sites is 1.